The number of carbonyl (C=O) groups excluding carboxylic acids is 1. The molecule has 0 bridgehead atoms. The Bertz CT molecular complexity index is 980. The molecule has 0 radical (unpaired) electrons. The van der Waals surface area contributed by atoms with E-state index in [4.69, 9.17) is 14.7 Å². The number of esters is 1. The third-order valence-corrected chi connectivity index (χ3v) is 4.98. The van der Waals surface area contributed by atoms with Crippen LogP contribution in [0.15, 0.2) is 53.1 Å². The zero-order valence-electron chi connectivity index (χ0n) is 13.7. The smallest absolute Gasteiger partial charge is 0.355 e. The average molecular weight is 429 g/mol. The molecule has 0 aliphatic carbocycles. The molecule has 1 aromatic heterocycles. The first kappa shape index (κ1) is 18.1. The van der Waals surface area contributed by atoms with Crippen LogP contribution in [0.4, 0.5) is 0 Å². The lowest BCUT2D eigenvalue weighted by atomic mass is 10.2. The van der Waals surface area contributed by atoms with Gasteiger partial charge < -0.3 is 9.47 Å². The van der Waals surface area contributed by atoms with Crippen molar-refractivity contribution in [1.29, 1.82) is 5.26 Å². The van der Waals surface area contributed by atoms with Gasteiger partial charge in [0.1, 0.15) is 9.88 Å². The van der Waals surface area contributed by atoms with Gasteiger partial charge in [-0.05, 0) is 28.9 Å². The van der Waals surface area contributed by atoms with Crippen LogP contribution in [0.1, 0.15) is 22.2 Å². The molecular formula is C19H13BrN2O3S. The van der Waals surface area contributed by atoms with Crippen molar-refractivity contribution in [2.45, 2.75) is 6.92 Å². The molecule has 3 aromatic rings. The number of rotatable bonds is 5. The van der Waals surface area contributed by atoms with E-state index in [-0.39, 0.29) is 5.75 Å². The van der Waals surface area contributed by atoms with Crippen LogP contribution in [0.2, 0.25) is 0 Å². The minimum absolute atomic E-state index is 0.241. The molecule has 26 heavy (non-hydrogen) atoms. The molecule has 7 heteroatoms. The Morgan fingerprint density at radius 2 is 2.08 bits per heavy atom. The number of hydrogen-bond acceptors (Lipinski definition) is 6. The van der Waals surface area contributed by atoms with Crippen LogP contribution < -0.4 is 9.47 Å². The Morgan fingerprint density at radius 3 is 2.77 bits per heavy atom. The topological polar surface area (TPSA) is 72.2 Å². The number of nitrogens with zero attached hydrogens (tertiary/aromatic N) is 2. The SMILES string of the molecule is CCOc1cc(C#N)cc(Br)c1OC(=O)c1cnc(-c2ccccc2)s1. The van der Waals surface area contributed by atoms with Crippen molar-refractivity contribution >= 4 is 33.2 Å². The summed E-state index contributed by atoms with van der Waals surface area (Å²) in [5, 5.41) is 9.81. The average Bonchev–Trinajstić information content (AvgIpc) is 3.15. The van der Waals surface area contributed by atoms with Crippen LogP contribution >= 0.6 is 27.3 Å². The van der Waals surface area contributed by atoms with E-state index in [0.717, 1.165) is 10.6 Å². The fourth-order valence-corrected chi connectivity index (χ4v) is 3.54. The molecule has 0 spiro atoms. The van der Waals surface area contributed by atoms with Crippen LogP contribution in [0.25, 0.3) is 10.6 Å². The number of thiazole rings is 1. The summed E-state index contributed by atoms with van der Waals surface area (Å²) in [5.74, 6) is 0.0427. The Balaban J connectivity index is 1.87. The second kappa shape index (κ2) is 8.13. The second-order valence-electron chi connectivity index (χ2n) is 5.12. The molecule has 0 aliphatic rings. The number of aromatic nitrogens is 1. The maximum absolute atomic E-state index is 12.5. The molecule has 0 aliphatic heterocycles. The maximum atomic E-state index is 12.5. The van der Waals surface area contributed by atoms with Crippen molar-refractivity contribution in [2.24, 2.45) is 0 Å². The van der Waals surface area contributed by atoms with Crippen LogP contribution in [0.3, 0.4) is 0 Å². The summed E-state index contributed by atoms with van der Waals surface area (Å²) in [6.45, 7) is 2.19. The van der Waals surface area contributed by atoms with Crippen LogP contribution in [0.5, 0.6) is 11.5 Å². The molecule has 5 nitrogen and oxygen atoms in total. The van der Waals surface area contributed by atoms with Gasteiger partial charge in [-0.2, -0.15) is 5.26 Å². The molecule has 3 rings (SSSR count). The number of nitriles is 1. The van der Waals surface area contributed by atoms with Gasteiger partial charge in [-0.1, -0.05) is 30.3 Å². The maximum Gasteiger partial charge on any atom is 0.355 e. The van der Waals surface area contributed by atoms with Crippen molar-refractivity contribution in [3.8, 4) is 28.1 Å². The zero-order chi connectivity index (χ0) is 18.5. The molecule has 130 valence electrons. The Morgan fingerprint density at radius 1 is 1.31 bits per heavy atom. The molecule has 0 N–H and O–H groups in total. The van der Waals surface area contributed by atoms with Crippen molar-refractivity contribution < 1.29 is 14.3 Å². The quantitative estimate of drug-likeness (QED) is 0.419. The zero-order valence-corrected chi connectivity index (χ0v) is 16.1. The predicted octanol–water partition coefficient (Wildman–Crippen LogP) is 5.06. The van der Waals surface area contributed by atoms with Crippen molar-refractivity contribution in [2.75, 3.05) is 6.61 Å². The van der Waals surface area contributed by atoms with Crippen LogP contribution in [0, 0.1) is 11.3 Å². The molecule has 2 aromatic carbocycles. The monoisotopic (exact) mass is 428 g/mol. The largest absolute Gasteiger partial charge is 0.490 e. The van der Waals surface area contributed by atoms with E-state index in [2.05, 4.69) is 20.9 Å². The molecule has 0 saturated heterocycles. The number of hydrogen-bond donors (Lipinski definition) is 0. The lowest BCUT2D eigenvalue weighted by Crippen LogP contribution is -2.08. The van der Waals surface area contributed by atoms with Gasteiger partial charge in [0.15, 0.2) is 11.5 Å². The molecule has 0 fully saturated rings. The summed E-state index contributed by atoms with van der Waals surface area (Å²) >= 11 is 4.58. The number of ether oxygens (including phenoxy) is 2. The third-order valence-electron chi connectivity index (χ3n) is 3.36. The van der Waals surface area contributed by atoms with Crippen LogP contribution in [-0.4, -0.2) is 17.6 Å². The molecule has 0 amide bonds. The predicted molar refractivity (Wildman–Crippen MR) is 103 cm³/mol. The summed E-state index contributed by atoms with van der Waals surface area (Å²) in [6.07, 6.45) is 1.49. The molecular weight excluding hydrogens is 416 g/mol. The molecule has 1 heterocycles. The van der Waals surface area contributed by atoms with Gasteiger partial charge in [0, 0.05) is 11.6 Å². The highest BCUT2D eigenvalue weighted by atomic mass is 79.9. The lowest BCUT2D eigenvalue weighted by Gasteiger charge is -2.12. The van der Waals surface area contributed by atoms with Crippen molar-refractivity contribution in [3.63, 3.8) is 0 Å². The van der Waals surface area contributed by atoms with Gasteiger partial charge in [-0.3, -0.25) is 0 Å². The summed E-state index contributed by atoms with van der Waals surface area (Å²) in [5.41, 5.74) is 1.34. The summed E-state index contributed by atoms with van der Waals surface area (Å²) < 4.78 is 11.5. The van der Waals surface area contributed by atoms with E-state index in [0.29, 0.717) is 27.3 Å². The first-order valence-electron chi connectivity index (χ1n) is 7.72. The Labute approximate surface area is 163 Å². The summed E-state index contributed by atoms with van der Waals surface area (Å²) in [4.78, 5) is 17.2. The third kappa shape index (κ3) is 3.93. The van der Waals surface area contributed by atoms with Gasteiger partial charge in [0.25, 0.3) is 0 Å². The standard InChI is InChI=1S/C19H13BrN2O3S/c1-2-24-15-9-12(10-21)8-14(20)17(15)25-19(23)16-11-22-18(26-16)13-6-4-3-5-7-13/h3-9,11H,2H2,1H3. The second-order valence-corrected chi connectivity index (χ2v) is 7.00. The van der Waals surface area contributed by atoms with E-state index in [1.807, 2.05) is 43.3 Å². The number of carbonyl (C=O) groups is 1. The summed E-state index contributed by atoms with van der Waals surface area (Å²) in [7, 11) is 0. The van der Waals surface area contributed by atoms with E-state index in [1.165, 1.54) is 17.5 Å². The highest BCUT2D eigenvalue weighted by Crippen LogP contribution is 2.37. The first-order chi connectivity index (χ1) is 12.6. The van der Waals surface area contributed by atoms with Gasteiger partial charge in [-0.25, -0.2) is 9.78 Å². The fraction of sp³-hybridized carbons (Fsp3) is 0.105. The van der Waals surface area contributed by atoms with E-state index < -0.39 is 5.97 Å². The number of halogens is 1. The summed E-state index contributed by atoms with van der Waals surface area (Å²) in [6, 6.07) is 14.8. The minimum Gasteiger partial charge on any atom is -0.490 e. The first-order valence-corrected chi connectivity index (χ1v) is 9.33. The van der Waals surface area contributed by atoms with E-state index >= 15 is 0 Å². The van der Waals surface area contributed by atoms with Crippen molar-refractivity contribution in [1.82, 2.24) is 4.98 Å². The fourth-order valence-electron chi connectivity index (χ4n) is 2.22. The van der Waals surface area contributed by atoms with E-state index in [9.17, 15) is 4.79 Å². The normalized spacial score (nSPS) is 10.2. The lowest BCUT2D eigenvalue weighted by molar-refractivity contribution is 0.0732. The van der Waals surface area contributed by atoms with Gasteiger partial charge in [0.05, 0.1) is 28.9 Å². The highest BCUT2D eigenvalue weighted by molar-refractivity contribution is 9.10. The Hall–Kier alpha value is -2.69. The highest BCUT2D eigenvalue weighted by Gasteiger charge is 2.19. The van der Waals surface area contributed by atoms with Crippen molar-refractivity contribution in [3.05, 3.63) is 63.6 Å². The molecule has 0 atom stereocenters. The van der Waals surface area contributed by atoms with Crippen LogP contribution in [-0.2, 0) is 0 Å². The minimum atomic E-state index is -0.531. The van der Waals surface area contributed by atoms with Gasteiger partial charge >= 0.3 is 5.97 Å². The number of benzene rings is 2. The van der Waals surface area contributed by atoms with Gasteiger partial charge in [0.2, 0.25) is 0 Å². The molecule has 0 unspecified atom stereocenters. The Kier molecular flexibility index (Phi) is 5.66. The molecule has 0 saturated carbocycles. The van der Waals surface area contributed by atoms with E-state index in [1.54, 1.807) is 12.1 Å². The van der Waals surface area contributed by atoms with Gasteiger partial charge in [-0.15, -0.1) is 11.3 Å².